The number of aryl methyl sites for hydroxylation is 2. The molecular weight excluding hydrogens is 345 g/mol. The fraction of sp³-hybridized carbons (Fsp3) is 0.308. The molecule has 2 aromatic rings. The summed E-state index contributed by atoms with van der Waals surface area (Å²) in [6.45, 7) is 4.69. The lowest BCUT2D eigenvalue weighted by atomic mass is 10.3. The van der Waals surface area contributed by atoms with E-state index >= 15 is 0 Å². The molecule has 21 heavy (non-hydrogen) atoms. The lowest BCUT2D eigenvalue weighted by Crippen LogP contribution is -2.06. The molecule has 112 valence electrons. The molecule has 2 rings (SSSR count). The van der Waals surface area contributed by atoms with Gasteiger partial charge < -0.3 is 4.74 Å². The van der Waals surface area contributed by atoms with Gasteiger partial charge in [0.2, 0.25) is 5.82 Å². The summed E-state index contributed by atoms with van der Waals surface area (Å²) in [6, 6.07) is 3.46. The molecule has 0 aliphatic carbocycles. The van der Waals surface area contributed by atoms with Crippen LogP contribution in [0.4, 0.5) is 10.1 Å². The van der Waals surface area contributed by atoms with E-state index < -0.39 is 16.4 Å². The maximum atomic E-state index is 13.5. The molecule has 0 aliphatic heterocycles. The molecule has 0 radical (unpaired) electrons. The summed E-state index contributed by atoms with van der Waals surface area (Å²) < 4.78 is 21.6. The Morgan fingerprint density at radius 1 is 1.52 bits per heavy atom. The molecule has 0 saturated heterocycles. The van der Waals surface area contributed by atoms with E-state index in [1.54, 1.807) is 4.68 Å². The molecule has 1 aromatic heterocycles. The lowest BCUT2D eigenvalue weighted by Gasteiger charge is -2.08. The van der Waals surface area contributed by atoms with Crippen molar-refractivity contribution in [2.75, 3.05) is 0 Å². The molecule has 0 atom stereocenters. The van der Waals surface area contributed by atoms with Crippen molar-refractivity contribution in [1.82, 2.24) is 9.78 Å². The molecule has 6 nitrogen and oxygen atoms in total. The maximum Gasteiger partial charge on any atom is 0.305 e. The van der Waals surface area contributed by atoms with E-state index in [0.29, 0.717) is 6.54 Å². The first-order valence-electron chi connectivity index (χ1n) is 6.22. The zero-order valence-corrected chi connectivity index (χ0v) is 13.1. The molecule has 0 unspecified atom stereocenters. The van der Waals surface area contributed by atoms with Crippen LogP contribution in [0.2, 0.25) is 0 Å². The van der Waals surface area contributed by atoms with E-state index in [2.05, 4.69) is 21.0 Å². The Morgan fingerprint density at radius 3 is 2.81 bits per heavy atom. The van der Waals surface area contributed by atoms with Crippen LogP contribution in [0.1, 0.15) is 18.3 Å². The second-order valence-electron chi connectivity index (χ2n) is 4.32. The van der Waals surface area contributed by atoms with Gasteiger partial charge >= 0.3 is 5.69 Å². The molecular formula is C13H13BrFN3O3. The molecule has 0 bridgehead atoms. The molecule has 8 heteroatoms. The summed E-state index contributed by atoms with van der Waals surface area (Å²) in [7, 11) is 0. The largest absolute Gasteiger partial charge is 0.487 e. The summed E-state index contributed by atoms with van der Waals surface area (Å²) in [5.74, 6) is -0.691. The van der Waals surface area contributed by atoms with Gasteiger partial charge in [-0.1, -0.05) is 0 Å². The topological polar surface area (TPSA) is 70.2 Å². The number of aromatic nitrogens is 2. The number of halogens is 2. The van der Waals surface area contributed by atoms with Crippen molar-refractivity contribution in [3.05, 3.63) is 50.0 Å². The van der Waals surface area contributed by atoms with Crippen LogP contribution in [0.25, 0.3) is 0 Å². The molecule has 0 spiro atoms. The average Bonchev–Trinajstić information content (AvgIpc) is 2.71. The first-order valence-corrected chi connectivity index (χ1v) is 7.01. The number of nitro benzene ring substituents is 1. The van der Waals surface area contributed by atoms with Gasteiger partial charge in [-0.2, -0.15) is 9.49 Å². The molecule has 0 fully saturated rings. The van der Waals surface area contributed by atoms with Crippen molar-refractivity contribution in [1.29, 1.82) is 0 Å². The smallest absolute Gasteiger partial charge is 0.305 e. The zero-order valence-electron chi connectivity index (χ0n) is 11.5. The van der Waals surface area contributed by atoms with E-state index in [1.165, 1.54) is 6.07 Å². The van der Waals surface area contributed by atoms with Crippen molar-refractivity contribution in [2.24, 2.45) is 0 Å². The summed E-state index contributed by atoms with van der Waals surface area (Å²) in [6.07, 6.45) is 0. The van der Waals surface area contributed by atoms with Crippen LogP contribution in [-0.2, 0) is 13.2 Å². The minimum atomic E-state index is -0.920. The van der Waals surface area contributed by atoms with Crippen molar-refractivity contribution >= 4 is 21.6 Å². The van der Waals surface area contributed by atoms with Gasteiger partial charge in [-0.15, -0.1) is 0 Å². The van der Waals surface area contributed by atoms with Gasteiger partial charge in [0.05, 0.1) is 20.8 Å². The van der Waals surface area contributed by atoms with Gasteiger partial charge in [0.25, 0.3) is 0 Å². The Balaban J connectivity index is 2.17. The fourth-order valence-electron chi connectivity index (χ4n) is 1.88. The van der Waals surface area contributed by atoms with Gasteiger partial charge in [0, 0.05) is 18.7 Å². The number of nitrogens with zero attached hydrogens (tertiary/aromatic N) is 3. The number of hydrogen-bond donors (Lipinski definition) is 0. The van der Waals surface area contributed by atoms with Gasteiger partial charge in [0.1, 0.15) is 12.4 Å². The first kappa shape index (κ1) is 15.4. The Hall–Kier alpha value is -1.96. The predicted octanol–water partition coefficient (Wildman–Crippen LogP) is 3.60. The fourth-order valence-corrected chi connectivity index (χ4v) is 2.28. The van der Waals surface area contributed by atoms with Crippen LogP contribution in [0.3, 0.4) is 0 Å². The number of benzene rings is 1. The van der Waals surface area contributed by atoms with E-state index in [1.807, 2.05) is 13.8 Å². The van der Waals surface area contributed by atoms with Crippen LogP contribution in [0.15, 0.2) is 22.7 Å². The Labute approximate surface area is 128 Å². The normalized spacial score (nSPS) is 10.7. The highest BCUT2D eigenvalue weighted by Gasteiger charge is 2.16. The summed E-state index contributed by atoms with van der Waals surface area (Å²) in [5, 5.41) is 14.9. The molecule has 0 N–H and O–H groups in total. The first-order chi connectivity index (χ1) is 9.93. The average molecular weight is 358 g/mol. The zero-order chi connectivity index (χ0) is 15.6. The standard InChI is InChI=1S/C13H13BrFN3O3/c1-3-17-12(13(14)8(2)16-17)7-21-9-4-5-11(18(19)20)10(15)6-9/h4-6H,3,7H2,1-2H3. The second-order valence-corrected chi connectivity index (χ2v) is 5.11. The van der Waals surface area contributed by atoms with Crippen LogP contribution in [0, 0.1) is 22.9 Å². The number of rotatable bonds is 5. The third kappa shape index (κ3) is 3.21. The summed E-state index contributed by atoms with van der Waals surface area (Å²) in [4.78, 5) is 9.78. The summed E-state index contributed by atoms with van der Waals surface area (Å²) in [5.41, 5.74) is 1.09. The predicted molar refractivity (Wildman–Crippen MR) is 77.7 cm³/mol. The molecule has 1 aromatic carbocycles. The van der Waals surface area contributed by atoms with Crippen LogP contribution < -0.4 is 4.74 Å². The number of nitro groups is 1. The van der Waals surface area contributed by atoms with Crippen molar-refractivity contribution in [2.45, 2.75) is 27.0 Å². The Bertz CT molecular complexity index is 688. The van der Waals surface area contributed by atoms with E-state index in [-0.39, 0.29) is 12.4 Å². The van der Waals surface area contributed by atoms with Gasteiger partial charge in [0.15, 0.2) is 0 Å². The van der Waals surface area contributed by atoms with Crippen molar-refractivity contribution < 1.29 is 14.1 Å². The van der Waals surface area contributed by atoms with E-state index in [4.69, 9.17) is 4.74 Å². The van der Waals surface area contributed by atoms with Gasteiger partial charge in [-0.05, 0) is 35.8 Å². The molecule has 0 amide bonds. The highest BCUT2D eigenvalue weighted by Crippen LogP contribution is 2.25. The van der Waals surface area contributed by atoms with Crippen molar-refractivity contribution in [3.63, 3.8) is 0 Å². The lowest BCUT2D eigenvalue weighted by molar-refractivity contribution is -0.387. The second kappa shape index (κ2) is 6.21. The Kier molecular flexibility index (Phi) is 4.56. The van der Waals surface area contributed by atoms with Crippen LogP contribution in [-0.4, -0.2) is 14.7 Å². The third-order valence-corrected chi connectivity index (χ3v) is 3.98. The molecule has 0 aliphatic rings. The number of hydrogen-bond acceptors (Lipinski definition) is 4. The SMILES string of the molecule is CCn1nc(C)c(Br)c1COc1ccc([N+](=O)[O-])c(F)c1. The van der Waals surface area contributed by atoms with Crippen molar-refractivity contribution in [3.8, 4) is 5.75 Å². The quantitative estimate of drug-likeness (QED) is 0.605. The van der Waals surface area contributed by atoms with Gasteiger partial charge in [-0.25, -0.2) is 0 Å². The van der Waals surface area contributed by atoms with Crippen LogP contribution >= 0.6 is 15.9 Å². The molecule has 0 saturated carbocycles. The molecule has 1 heterocycles. The third-order valence-electron chi connectivity index (χ3n) is 2.94. The monoisotopic (exact) mass is 357 g/mol. The van der Waals surface area contributed by atoms with Crippen LogP contribution in [0.5, 0.6) is 5.75 Å². The minimum absolute atomic E-state index is 0.187. The Morgan fingerprint density at radius 2 is 2.24 bits per heavy atom. The van der Waals surface area contributed by atoms with E-state index in [0.717, 1.165) is 28.0 Å². The maximum absolute atomic E-state index is 13.5. The van der Waals surface area contributed by atoms with Gasteiger partial charge in [-0.3, -0.25) is 14.8 Å². The highest BCUT2D eigenvalue weighted by atomic mass is 79.9. The summed E-state index contributed by atoms with van der Waals surface area (Å²) >= 11 is 3.43. The number of ether oxygens (including phenoxy) is 1. The highest BCUT2D eigenvalue weighted by molar-refractivity contribution is 9.10. The minimum Gasteiger partial charge on any atom is -0.487 e. The van der Waals surface area contributed by atoms with E-state index in [9.17, 15) is 14.5 Å².